The van der Waals surface area contributed by atoms with E-state index in [4.69, 9.17) is 0 Å². The van der Waals surface area contributed by atoms with Gasteiger partial charge in [-0.3, -0.25) is 4.79 Å². The Hall–Kier alpha value is -3.21. The third-order valence-corrected chi connectivity index (χ3v) is 5.15. The molecule has 0 saturated carbocycles. The molecule has 4 rings (SSSR count). The Morgan fingerprint density at radius 1 is 1.07 bits per heavy atom. The number of amides is 1. The Morgan fingerprint density at radius 2 is 1.86 bits per heavy atom. The molecule has 0 spiro atoms. The van der Waals surface area contributed by atoms with E-state index in [2.05, 4.69) is 45.3 Å². The molecule has 2 heterocycles. The largest absolute Gasteiger partial charge is 0.323 e. The highest BCUT2D eigenvalue weighted by Gasteiger charge is 2.28. The van der Waals surface area contributed by atoms with Gasteiger partial charge in [0.05, 0.1) is 0 Å². The fraction of sp³-hybridized carbons (Fsp3) is 0.261. The summed E-state index contributed by atoms with van der Waals surface area (Å²) in [6.45, 7) is 7.99. The summed E-state index contributed by atoms with van der Waals surface area (Å²) in [5.74, 6) is 1.12. The molecule has 5 heteroatoms. The zero-order chi connectivity index (χ0) is 19.8. The molecule has 0 fully saturated rings. The van der Waals surface area contributed by atoms with Gasteiger partial charge in [0.2, 0.25) is 0 Å². The van der Waals surface area contributed by atoms with Crippen molar-refractivity contribution in [1.82, 2.24) is 9.97 Å². The lowest BCUT2D eigenvalue weighted by atomic mass is 10.1. The fourth-order valence-electron chi connectivity index (χ4n) is 3.76. The monoisotopic (exact) mass is 372 g/mol. The number of hydrogen-bond donors (Lipinski definition) is 1. The van der Waals surface area contributed by atoms with E-state index in [1.54, 1.807) is 6.07 Å². The lowest BCUT2D eigenvalue weighted by Gasteiger charge is -2.24. The average Bonchev–Trinajstić information content (AvgIpc) is 3.00. The van der Waals surface area contributed by atoms with Crippen molar-refractivity contribution in [2.75, 3.05) is 10.2 Å². The molecule has 0 aliphatic carbocycles. The van der Waals surface area contributed by atoms with E-state index in [1.165, 1.54) is 5.56 Å². The van der Waals surface area contributed by atoms with Gasteiger partial charge in [-0.15, -0.1) is 0 Å². The maximum atomic E-state index is 12.9. The first-order valence-electron chi connectivity index (χ1n) is 9.54. The summed E-state index contributed by atoms with van der Waals surface area (Å²) in [6, 6.07) is 16.4. The molecule has 1 aromatic heterocycles. The van der Waals surface area contributed by atoms with Gasteiger partial charge in [-0.1, -0.05) is 30.3 Å². The maximum Gasteiger partial charge on any atom is 0.274 e. The number of nitrogens with one attached hydrogen (secondary N) is 1. The summed E-state index contributed by atoms with van der Waals surface area (Å²) in [4.78, 5) is 24.1. The van der Waals surface area contributed by atoms with E-state index in [-0.39, 0.29) is 11.9 Å². The Balaban J connectivity index is 1.68. The molecule has 142 valence electrons. The standard InChI is InChI=1S/C23H24N4O/c1-14-9-10-15(2)19(11-14)26-23(28)20-13-22(25-17(4)24-20)27-16(3)12-18-7-5-6-8-21(18)27/h5-11,13,16H,12H2,1-4H3,(H,26,28). The van der Waals surface area contributed by atoms with Crippen LogP contribution in [0.4, 0.5) is 17.2 Å². The molecule has 1 N–H and O–H groups in total. The van der Waals surface area contributed by atoms with Crippen LogP contribution in [0.5, 0.6) is 0 Å². The van der Waals surface area contributed by atoms with Gasteiger partial charge in [-0.25, -0.2) is 9.97 Å². The predicted octanol–water partition coefficient (Wildman–Crippen LogP) is 4.74. The van der Waals surface area contributed by atoms with Crippen molar-refractivity contribution in [2.24, 2.45) is 0 Å². The third-order valence-electron chi connectivity index (χ3n) is 5.15. The number of aromatic nitrogens is 2. The maximum absolute atomic E-state index is 12.9. The van der Waals surface area contributed by atoms with E-state index in [9.17, 15) is 4.79 Å². The van der Waals surface area contributed by atoms with Crippen molar-refractivity contribution in [3.63, 3.8) is 0 Å². The molecule has 3 aromatic rings. The lowest BCUT2D eigenvalue weighted by Crippen LogP contribution is -2.26. The van der Waals surface area contributed by atoms with Gasteiger partial charge >= 0.3 is 0 Å². The number of hydrogen-bond acceptors (Lipinski definition) is 4. The van der Waals surface area contributed by atoms with Crippen LogP contribution in [0.3, 0.4) is 0 Å². The number of aryl methyl sites for hydroxylation is 3. The number of nitrogens with zero attached hydrogens (tertiary/aromatic N) is 3. The number of para-hydroxylation sites is 1. The highest BCUT2D eigenvalue weighted by Crippen LogP contribution is 2.37. The second-order valence-electron chi connectivity index (χ2n) is 7.48. The number of benzene rings is 2. The molecule has 0 bridgehead atoms. The third kappa shape index (κ3) is 3.36. The fourth-order valence-corrected chi connectivity index (χ4v) is 3.76. The van der Waals surface area contributed by atoms with E-state index in [0.29, 0.717) is 11.5 Å². The Labute approximate surface area is 165 Å². The number of anilines is 3. The van der Waals surface area contributed by atoms with Gasteiger partial charge < -0.3 is 10.2 Å². The minimum absolute atomic E-state index is 0.222. The molecule has 1 amide bonds. The zero-order valence-corrected chi connectivity index (χ0v) is 16.7. The highest BCUT2D eigenvalue weighted by atomic mass is 16.1. The van der Waals surface area contributed by atoms with Crippen LogP contribution in [-0.4, -0.2) is 21.9 Å². The molecule has 1 atom stereocenters. The second-order valence-corrected chi connectivity index (χ2v) is 7.48. The molecule has 1 aliphatic rings. The summed E-state index contributed by atoms with van der Waals surface area (Å²) in [6.07, 6.45) is 0.962. The van der Waals surface area contributed by atoms with Crippen LogP contribution in [0, 0.1) is 20.8 Å². The van der Waals surface area contributed by atoms with Crippen LogP contribution in [0.15, 0.2) is 48.5 Å². The quantitative estimate of drug-likeness (QED) is 0.722. The molecular formula is C23H24N4O. The highest BCUT2D eigenvalue weighted by molar-refractivity contribution is 6.03. The van der Waals surface area contributed by atoms with E-state index >= 15 is 0 Å². The smallest absolute Gasteiger partial charge is 0.274 e. The van der Waals surface area contributed by atoms with Crippen LogP contribution in [0.1, 0.15) is 39.9 Å². The first-order chi connectivity index (χ1) is 13.4. The normalized spacial score (nSPS) is 15.4. The van der Waals surface area contributed by atoms with Gasteiger partial charge in [0.25, 0.3) is 5.91 Å². The summed E-state index contributed by atoms with van der Waals surface area (Å²) in [5.41, 5.74) is 5.75. The van der Waals surface area contributed by atoms with Crippen molar-refractivity contribution >= 4 is 23.1 Å². The lowest BCUT2D eigenvalue weighted by molar-refractivity contribution is 0.102. The first-order valence-corrected chi connectivity index (χ1v) is 9.54. The van der Waals surface area contributed by atoms with E-state index < -0.39 is 0 Å². The van der Waals surface area contributed by atoms with Gasteiger partial charge in [-0.2, -0.15) is 0 Å². The number of fused-ring (bicyclic) bond motifs is 1. The van der Waals surface area contributed by atoms with Crippen molar-refractivity contribution in [3.05, 3.63) is 76.7 Å². The summed E-state index contributed by atoms with van der Waals surface area (Å²) in [7, 11) is 0. The van der Waals surface area contributed by atoms with Gasteiger partial charge in [-0.05, 0) is 62.9 Å². The van der Waals surface area contributed by atoms with Crippen LogP contribution >= 0.6 is 0 Å². The molecule has 1 unspecified atom stereocenters. The Morgan fingerprint density at radius 3 is 2.68 bits per heavy atom. The molecule has 0 radical (unpaired) electrons. The van der Waals surface area contributed by atoms with Crippen LogP contribution in [-0.2, 0) is 6.42 Å². The van der Waals surface area contributed by atoms with Gasteiger partial charge in [0.1, 0.15) is 17.3 Å². The molecule has 0 saturated heterocycles. The molecule has 28 heavy (non-hydrogen) atoms. The van der Waals surface area contributed by atoms with Crippen LogP contribution in [0.2, 0.25) is 0 Å². The number of rotatable bonds is 3. The molecular weight excluding hydrogens is 348 g/mol. The van der Waals surface area contributed by atoms with Gasteiger partial charge in [0, 0.05) is 23.5 Å². The molecule has 5 nitrogen and oxygen atoms in total. The molecule has 2 aromatic carbocycles. The van der Waals surface area contributed by atoms with Crippen LogP contribution < -0.4 is 10.2 Å². The Bertz CT molecular complexity index is 1060. The second kappa shape index (κ2) is 7.08. The van der Waals surface area contributed by atoms with Crippen molar-refractivity contribution < 1.29 is 4.79 Å². The SMILES string of the molecule is Cc1ccc(C)c(NC(=O)c2cc(N3c4ccccc4CC3C)nc(C)n2)c1. The predicted molar refractivity (Wildman–Crippen MR) is 112 cm³/mol. The summed E-state index contributed by atoms with van der Waals surface area (Å²) >= 11 is 0. The molecule has 1 aliphatic heterocycles. The first kappa shape index (κ1) is 18.2. The summed E-state index contributed by atoms with van der Waals surface area (Å²) < 4.78 is 0. The van der Waals surface area contributed by atoms with E-state index in [1.807, 2.05) is 45.0 Å². The van der Waals surface area contributed by atoms with Crippen molar-refractivity contribution in [3.8, 4) is 0 Å². The van der Waals surface area contributed by atoms with Crippen molar-refractivity contribution in [1.29, 1.82) is 0 Å². The average molecular weight is 372 g/mol. The number of carbonyl (C=O) groups is 1. The number of carbonyl (C=O) groups excluding carboxylic acids is 1. The van der Waals surface area contributed by atoms with Crippen molar-refractivity contribution in [2.45, 2.75) is 40.2 Å². The van der Waals surface area contributed by atoms with Gasteiger partial charge in [0.15, 0.2) is 0 Å². The summed E-state index contributed by atoms with van der Waals surface area (Å²) in [5, 5.41) is 2.99. The Kier molecular flexibility index (Phi) is 4.59. The zero-order valence-electron chi connectivity index (χ0n) is 16.7. The minimum atomic E-state index is -0.222. The van der Waals surface area contributed by atoms with E-state index in [0.717, 1.165) is 34.7 Å². The topological polar surface area (TPSA) is 58.1 Å². The minimum Gasteiger partial charge on any atom is -0.323 e. The van der Waals surface area contributed by atoms with Crippen LogP contribution in [0.25, 0.3) is 0 Å².